The van der Waals surface area contributed by atoms with Gasteiger partial charge in [-0.05, 0) is 43.9 Å². The van der Waals surface area contributed by atoms with Crippen molar-refractivity contribution in [3.8, 4) is 0 Å². The van der Waals surface area contributed by atoms with E-state index < -0.39 is 33.2 Å². The van der Waals surface area contributed by atoms with Crippen LogP contribution in [0.3, 0.4) is 0 Å². The Bertz CT molecular complexity index is 1450. The minimum Gasteiger partial charge on any atom is -0.349 e. The molecule has 0 aliphatic rings. The first-order valence-corrected chi connectivity index (χ1v) is 12.6. The van der Waals surface area contributed by atoms with Gasteiger partial charge in [0.05, 0.1) is 11.4 Å². The molecule has 0 aliphatic heterocycles. The van der Waals surface area contributed by atoms with E-state index in [1.54, 1.807) is 26.0 Å². The minimum absolute atomic E-state index is 0.115. The van der Waals surface area contributed by atoms with E-state index in [0.29, 0.717) is 16.8 Å². The summed E-state index contributed by atoms with van der Waals surface area (Å²) in [6.07, 6.45) is 0.116. The van der Waals surface area contributed by atoms with E-state index in [0.717, 1.165) is 15.7 Å². The predicted molar refractivity (Wildman–Crippen MR) is 134 cm³/mol. The Labute approximate surface area is 204 Å². The standard InChI is InChI=1S/C25H30N4O5S/c1-16-11-17(2)23(18(3)12-16)35(33,34)27-21(13-19-9-7-6-8-10-19)24(31)26-15-20-14-22(30)29(5)25(32)28(20)4/h6-12,14,21,27H,13,15H2,1-5H3,(H,26,31)/t21-/m1/s1. The van der Waals surface area contributed by atoms with Crippen molar-refractivity contribution in [2.24, 2.45) is 14.1 Å². The highest BCUT2D eigenvalue weighted by Crippen LogP contribution is 2.22. The van der Waals surface area contributed by atoms with Gasteiger partial charge >= 0.3 is 5.69 Å². The van der Waals surface area contributed by atoms with Crippen molar-refractivity contribution in [2.45, 2.75) is 44.7 Å². The predicted octanol–water partition coefficient (Wildman–Crippen LogP) is 1.22. The molecule has 0 spiro atoms. The number of carbonyl (C=O) groups is 1. The molecule has 2 aromatic carbocycles. The molecule has 0 bridgehead atoms. The third kappa shape index (κ3) is 5.95. The fourth-order valence-corrected chi connectivity index (χ4v) is 5.77. The van der Waals surface area contributed by atoms with Crippen LogP contribution in [-0.2, 0) is 41.9 Å². The summed E-state index contributed by atoms with van der Waals surface area (Å²) >= 11 is 0. The van der Waals surface area contributed by atoms with Crippen LogP contribution in [0.5, 0.6) is 0 Å². The van der Waals surface area contributed by atoms with Crippen LogP contribution in [0.1, 0.15) is 27.9 Å². The molecule has 1 amide bonds. The van der Waals surface area contributed by atoms with Crippen LogP contribution in [0.25, 0.3) is 0 Å². The zero-order chi connectivity index (χ0) is 25.9. The number of nitrogens with one attached hydrogen (secondary N) is 2. The second-order valence-corrected chi connectivity index (χ2v) is 10.3. The van der Waals surface area contributed by atoms with Gasteiger partial charge in [-0.2, -0.15) is 4.72 Å². The molecule has 186 valence electrons. The van der Waals surface area contributed by atoms with Gasteiger partial charge < -0.3 is 5.32 Å². The molecule has 10 heteroatoms. The molecule has 0 radical (unpaired) electrons. The maximum atomic E-state index is 13.4. The summed E-state index contributed by atoms with van der Waals surface area (Å²) in [5.41, 5.74) is 2.18. The van der Waals surface area contributed by atoms with Gasteiger partial charge in [0.15, 0.2) is 0 Å². The number of rotatable bonds is 8. The van der Waals surface area contributed by atoms with Crippen LogP contribution in [0.4, 0.5) is 0 Å². The summed E-state index contributed by atoms with van der Waals surface area (Å²) in [7, 11) is -1.17. The number of amides is 1. The van der Waals surface area contributed by atoms with Crippen LogP contribution >= 0.6 is 0 Å². The highest BCUT2D eigenvalue weighted by molar-refractivity contribution is 7.89. The Morgan fingerprint density at radius 3 is 2.14 bits per heavy atom. The SMILES string of the molecule is Cc1cc(C)c(S(=O)(=O)N[C@H](Cc2ccccc2)C(=O)NCc2cc(=O)n(C)c(=O)n2C)c(C)c1. The average Bonchev–Trinajstić information content (AvgIpc) is 2.78. The van der Waals surface area contributed by atoms with Crippen LogP contribution in [0, 0.1) is 20.8 Å². The Hall–Kier alpha value is -3.50. The summed E-state index contributed by atoms with van der Waals surface area (Å²) in [5.74, 6) is -0.576. The van der Waals surface area contributed by atoms with E-state index >= 15 is 0 Å². The fraction of sp³-hybridized carbons (Fsp3) is 0.320. The zero-order valence-electron chi connectivity index (χ0n) is 20.5. The van der Waals surface area contributed by atoms with Crippen molar-refractivity contribution >= 4 is 15.9 Å². The highest BCUT2D eigenvalue weighted by atomic mass is 32.2. The Balaban J connectivity index is 1.91. The Morgan fingerprint density at radius 1 is 0.943 bits per heavy atom. The maximum absolute atomic E-state index is 13.4. The van der Waals surface area contributed by atoms with Gasteiger partial charge in [-0.15, -0.1) is 0 Å². The minimum atomic E-state index is -4.03. The molecular formula is C25H30N4O5S. The topological polar surface area (TPSA) is 119 Å². The molecule has 3 aromatic rings. The first-order valence-electron chi connectivity index (χ1n) is 11.1. The van der Waals surface area contributed by atoms with E-state index in [9.17, 15) is 22.8 Å². The quantitative estimate of drug-likeness (QED) is 0.484. The number of aromatic nitrogens is 2. The first-order chi connectivity index (χ1) is 16.4. The second-order valence-electron chi connectivity index (χ2n) is 8.68. The van der Waals surface area contributed by atoms with Gasteiger partial charge in [-0.1, -0.05) is 48.0 Å². The molecule has 0 saturated carbocycles. The smallest absolute Gasteiger partial charge is 0.330 e. The molecule has 1 aromatic heterocycles. The largest absolute Gasteiger partial charge is 0.349 e. The van der Waals surface area contributed by atoms with E-state index in [4.69, 9.17) is 0 Å². The van der Waals surface area contributed by atoms with Crippen molar-refractivity contribution in [1.82, 2.24) is 19.2 Å². The lowest BCUT2D eigenvalue weighted by Crippen LogP contribution is -2.48. The summed E-state index contributed by atoms with van der Waals surface area (Å²) in [6.45, 7) is 5.21. The molecule has 0 fully saturated rings. The van der Waals surface area contributed by atoms with Crippen LogP contribution in [-0.4, -0.2) is 29.5 Å². The van der Waals surface area contributed by atoms with Crippen LogP contribution in [0.2, 0.25) is 0 Å². The fourth-order valence-electron chi connectivity index (χ4n) is 4.12. The Morgan fingerprint density at radius 2 is 1.54 bits per heavy atom. The van der Waals surface area contributed by atoms with E-state index in [-0.39, 0.29) is 17.9 Å². The number of sulfonamides is 1. The Kier molecular flexibility index (Phi) is 7.76. The maximum Gasteiger partial charge on any atom is 0.330 e. The third-order valence-electron chi connectivity index (χ3n) is 5.84. The second kappa shape index (κ2) is 10.4. The van der Waals surface area contributed by atoms with Crippen molar-refractivity contribution in [3.05, 3.63) is 97.3 Å². The summed E-state index contributed by atoms with van der Waals surface area (Å²) < 4.78 is 31.5. The molecule has 1 heterocycles. The van der Waals surface area contributed by atoms with Crippen LogP contribution < -0.4 is 21.3 Å². The van der Waals surface area contributed by atoms with Gasteiger partial charge in [-0.3, -0.25) is 18.7 Å². The summed E-state index contributed by atoms with van der Waals surface area (Å²) in [5, 5.41) is 2.67. The number of aryl methyl sites for hydroxylation is 3. The molecule has 2 N–H and O–H groups in total. The molecule has 0 aliphatic carbocycles. The normalized spacial score (nSPS) is 12.4. The lowest BCUT2D eigenvalue weighted by Gasteiger charge is -2.21. The van der Waals surface area contributed by atoms with Gasteiger partial charge in [0, 0.05) is 25.9 Å². The first kappa shape index (κ1) is 26.1. The zero-order valence-corrected chi connectivity index (χ0v) is 21.3. The molecule has 3 rings (SSSR count). The number of nitrogens with zero attached hydrogens (tertiary/aromatic N) is 2. The molecule has 35 heavy (non-hydrogen) atoms. The van der Waals surface area contributed by atoms with Gasteiger partial charge in [-0.25, -0.2) is 13.2 Å². The molecular weight excluding hydrogens is 468 g/mol. The molecule has 0 saturated heterocycles. The number of hydrogen-bond donors (Lipinski definition) is 2. The molecule has 0 unspecified atom stereocenters. The summed E-state index contributed by atoms with van der Waals surface area (Å²) in [4.78, 5) is 37.5. The van der Waals surface area contributed by atoms with E-state index in [2.05, 4.69) is 10.0 Å². The summed E-state index contributed by atoms with van der Waals surface area (Å²) in [6, 6.07) is 12.8. The molecule has 1 atom stereocenters. The lowest BCUT2D eigenvalue weighted by atomic mass is 10.1. The highest BCUT2D eigenvalue weighted by Gasteiger charge is 2.28. The lowest BCUT2D eigenvalue weighted by molar-refractivity contribution is -0.122. The van der Waals surface area contributed by atoms with Crippen molar-refractivity contribution < 1.29 is 13.2 Å². The number of hydrogen-bond acceptors (Lipinski definition) is 5. The average molecular weight is 499 g/mol. The van der Waals surface area contributed by atoms with Gasteiger partial charge in [0.1, 0.15) is 6.04 Å². The number of benzene rings is 2. The van der Waals surface area contributed by atoms with Crippen molar-refractivity contribution in [2.75, 3.05) is 0 Å². The third-order valence-corrected chi connectivity index (χ3v) is 7.62. The van der Waals surface area contributed by atoms with Crippen LogP contribution in [0.15, 0.2) is 63.0 Å². The van der Waals surface area contributed by atoms with Gasteiger partial charge in [0.25, 0.3) is 5.56 Å². The van der Waals surface area contributed by atoms with Crippen molar-refractivity contribution in [3.63, 3.8) is 0 Å². The van der Waals surface area contributed by atoms with Gasteiger partial charge in [0.2, 0.25) is 15.9 Å². The monoisotopic (exact) mass is 498 g/mol. The number of carbonyl (C=O) groups excluding carboxylic acids is 1. The van der Waals surface area contributed by atoms with E-state index in [1.165, 1.54) is 24.7 Å². The van der Waals surface area contributed by atoms with E-state index in [1.807, 2.05) is 37.3 Å². The van der Waals surface area contributed by atoms with Crippen molar-refractivity contribution in [1.29, 1.82) is 0 Å². The molecule has 9 nitrogen and oxygen atoms in total.